The van der Waals surface area contributed by atoms with Gasteiger partial charge in [0.1, 0.15) is 22.8 Å². The molecule has 30 heavy (non-hydrogen) atoms. The van der Waals surface area contributed by atoms with E-state index in [2.05, 4.69) is 5.32 Å². The number of aliphatic hydroxyl groups excluding tert-OH is 1. The first kappa shape index (κ1) is 20.8. The Morgan fingerprint density at radius 2 is 1.87 bits per heavy atom. The van der Waals surface area contributed by atoms with Gasteiger partial charge in [0.15, 0.2) is 0 Å². The van der Waals surface area contributed by atoms with Crippen LogP contribution in [-0.4, -0.2) is 33.7 Å². The third kappa shape index (κ3) is 3.68. The van der Waals surface area contributed by atoms with Crippen LogP contribution >= 0.6 is 11.8 Å². The van der Waals surface area contributed by atoms with Crippen LogP contribution in [0.15, 0.2) is 24.3 Å². The maximum atomic E-state index is 11.8. The molecule has 0 bridgehead atoms. The zero-order valence-electron chi connectivity index (χ0n) is 17.5. The van der Waals surface area contributed by atoms with Crippen molar-refractivity contribution in [2.45, 2.75) is 51.4 Å². The Morgan fingerprint density at radius 3 is 2.47 bits per heavy atom. The molecule has 2 unspecified atom stereocenters. The molecule has 0 radical (unpaired) electrons. The number of ether oxygens (including phenoxy) is 2. The van der Waals surface area contributed by atoms with E-state index in [1.54, 1.807) is 0 Å². The molecule has 2 aliphatic heterocycles. The van der Waals surface area contributed by atoms with Gasteiger partial charge in [0, 0.05) is 12.0 Å². The molecule has 0 aromatic heterocycles. The highest BCUT2D eigenvalue weighted by Gasteiger charge is 2.38. The number of fused-ring (bicyclic) bond motifs is 1. The van der Waals surface area contributed by atoms with E-state index in [4.69, 9.17) is 9.47 Å². The molecule has 2 aromatic carbocycles. The fourth-order valence-corrected chi connectivity index (χ4v) is 4.82. The molecule has 2 aromatic rings. The average molecular weight is 428 g/mol. The van der Waals surface area contributed by atoms with Crippen LogP contribution in [-0.2, 0) is 17.6 Å². The Balaban J connectivity index is 1.55. The second-order valence-electron chi connectivity index (χ2n) is 8.23. The van der Waals surface area contributed by atoms with Gasteiger partial charge in [-0.3, -0.25) is 14.9 Å². The van der Waals surface area contributed by atoms with Crippen LogP contribution in [0.2, 0.25) is 0 Å². The Hall–Kier alpha value is -2.51. The van der Waals surface area contributed by atoms with E-state index in [-0.39, 0.29) is 23.0 Å². The van der Waals surface area contributed by atoms with Crippen molar-refractivity contribution in [1.82, 2.24) is 5.32 Å². The fraction of sp³-hybridized carbons (Fsp3) is 0.391. The third-order valence-corrected chi connectivity index (χ3v) is 6.86. The lowest BCUT2D eigenvalue weighted by molar-refractivity contribution is -0.118. The van der Waals surface area contributed by atoms with Gasteiger partial charge >= 0.3 is 0 Å². The van der Waals surface area contributed by atoms with Gasteiger partial charge in [0.2, 0.25) is 5.91 Å². The van der Waals surface area contributed by atoms with Crippen molar-refractivity contribution in [3.63, 3.8) is 0 Å². The highest BCUT2D eigenvalue weighted by atomic mass is 32.2. The van der Waals surface area contributed by atoms with Crippen LogP contribution in [0.4, 0.5) is 4.79 Å². The third-order valence-electron chi connectivity index (χ3n) is 5.88. The van der Waals surface area contributed by atoms with E-state index in [1.807, 2.05) is 52.0 Å². The van der Waals surface area contributed by atoms with Gasteiger partial charge in [0.25, 0.3) is 5.24 Å². The first-order valence-corrected chi connectivity index (χ1v) is 10.8. The minimum absolute atomic E-state index is 0.0415. The Labute approximate surface area is 180 Å². The molecule has 7 heteroatoms. The van der Waals surface area contributed by atoms with Crippen LogP contribution in [0.5, 0.6) is 17.2 Å². The lowest BCUT2D eigenvalue weighted by Gasteiger charge is -2.21. The number of imide groups is 1. The van der Waals surface area contributed by atoms with Gasteiger partial charge in [-0.2, -0.15) is 0 Å². The largest absolute Gasteiger partial charge is 0.484 e. The smallest absolute Gasteiger partial charge is 0.286 e. The van der Waals surface area contributed by atoms with Gasteiger partial charge < -0.3 is 14.6 Å². The Bertz CT molecular complexity index is 1030. The summed E-state index contributed by atoms with van der Waals surface area (Å²) in [6.45, 7) is 7.92. The molecule has 158 valence electrons. The summed E-state index contributed by atoms with van der Waals surface area (Å²) in [5, 5.41) is 11.4. The maximum Gasteiger partial charge on any atom is 0.286 e. The summed E-state index contributed by atoms with van der Waals surface area (Å²) in [4.78, 5) is 23.1. The number of rotatable bonds is 5. The van der Waals surface area contributed by atoms with Gasteiger partial charge in [-0.25, -0.2) is 0 Å². The van der Waals surface area contributed by atoms with E-state index in [0.717, 1.165) is 51.1 Å². The van der Waals surface area contributed by atoms with Crippen molar-refractivity contribution in [1.29, 1.82) is 0 Å². The first-order valence-electron chi connectivity index (χ1n) is 9.91. The van der Waals surface area contributed by atoms with Crippen molar-refractivity contribution >= 4 is 22.9 Å². The number of benzene rings is 2. The summed E-state index contributed by atoms with van der Waals surface area (Å²) in [5.74, 6) is 2.13. The molecule has 2 amide bonds. The molecular weight excluding hydrogens is 402 g/mol. The number of aliphatic hydroxyl groups is 1. The molecule has 0 saturated carbocycles. The molecule has 2 N–H and O–H groups in total. The van der Waals surface area contributed by atoms with Gasteiger partial charge in [-0.1, -0.05) is 23.9 Å². The number of hydrogen-bond donors (Lipinski definition) is 2. The highest BCUT2D eigenvalue weighted by Crippen LogP contribution is 2.46. The molecule has 2 heterocycles. The second kappa shape index (κ2) is 7.63. The lowest BCUT2D eigenvalue weighted by Crippen LogP contribution is -2.34. The van der Waals surface area contributed by atoms with E-state index in [1.165, 1.54) is 0 Å². The minimum Gasteiger partial charge on any atom is -0.484 e. The molecule has 4 rings (SSSR count). The standard InChI is InChI=1S/C23H25NO5S/c1-12-13(2)20-17(10-23(4,11-25)29-20)14(3)19(12)28-16-7-5-15(6-8-16)9-18-21(26)24-22(27)30-18/h5-8,18,25H,9-11H2,1-4H3,(H,24,26,27). The van der Waals surface area contributed by atoms with Gasteiger partial charge in [-0.15, -0.1) is 0 Å². The van der Waals surface area contributed by atoms with Crippen molar-refractivity contribution in [3.05, 3.63) is 52.1 Å². The predicted molar refractivity (Wildman–Crippen MR) is 116 cm³/mol. The van der Waals surface area contributed by atoms with Crippen LogP contribution in [0.25, 0.3) is 0 Å². The molecule has 6 nitrogen and oxygen atoms in total. The first-order chi connectivity index (χ1) is 14.2. The monoisotopic (exact) mass is 427 g/mol. The summed E-state index contributed by atoms with van der Waals surface area (Å²) < 4.78 is 12.3. The fourth-order valence-electron chi connectivity index (χ4n) is 3.96. The Kier molecular flexibility index (Phi) is 5.28. The van der Waals surface area contributed by atoms with Crippen molar-refractivity contribution in [3.8, 4) is 17.2 Å². The number of amides is 2. The summed E-state index contributed by atoms with van der Waals surface area (Å²) in [7, 11) is 0. The molecular formula is C23H25NO5S. The number of carbonyl (C=O) groups excluding carboxylic acids is 2. The predicted octanol–water partition coefficient (Wildman–Crippen LogP) is 3.98. The van der Waals surface area contributed by atoms with Crippen LogP contribution in [0, 0.1) is 20.8 Å². The van der Waals surface area contributed by atoms with Crippen molar-refractivity contribution in [2.75, 3.05) is 6.61 Å². The lowest BCUT2D eigenvalue weighted by atomic mass is 9.93. The molecule has 2 atom stereocenters. The van der Waals surface area contributed by atoms with Crippen LogP contribution < -0.4 is 14.8 Å². The van der Waals surface area contributed by atoms with E-state index < -0.39 is 5.60 Å². The Morgan fingerprint density at radius 1 is 1.17 bits per heavy atom. The number of carbonyl (C=O) groups is 2. The highest BCUT2D eigenvalue weighted by molar-refractivity contribution is 8.15. The van der Waals surface area contributed by atoms with Crippen molar-refractivity contribution < 1.29 is 24.2 Å². The summed E-state index contributed by atoms with van der Waals surface area (Å²) in [6.07, 6.45) is 1.14. The van der Waals surface area contributed by atoms with Gasteiger partial charge in [-0.05, 0) is 68.5 Å². The number of thioether (sulfide) groups is 1. The molecule has 0 aliphatic carbocycles. The zero-order chi connectivity index (χ0) is 21.6. The number of nitrogens with one attached hydrogen (secondary N) is 1. The van der Waals surface area contributed by atoms with E-state index in [0.29, 0.717) is 18.6 Å². The summed E-state index contributed by atoms with van der Waals surface area (Å²) >= 11 is 1.03. The van der Waals surface area contributed by atoms with Crippen molar-refractivity contribution in [2.24, 2.45) is 0 Å². The average Bonchev–Trinajstić information content (AvgIpc) is 3.24. The molecule has 0 spiro atoms. The van der Waals surface area contributed by atoms with Crippen LogP contribution in [0.1, 0.15) is 34.7 Å². The van der Waals surface area contributed by atoms with Crippen LogP contribution in [0.3, 0.4) is 0 Å². The molecule has 1 saturated heterocycles. The van der Waals surface area contributed by atoms with E-state index in [9.17, 15) is 14.7 Å². The quantitative estimate of drug-likeness (QED) is 0.751. The normalized spacial score (nSPS) is 22.6. The summed E-state index contributed by atoms with van der Waals surface area (Å²) in [6, 6.07) is 7.60. The zero-order valence-corrected chi connectivity index (χ0v) is 18.3. The number of hydrogen-bond acceptors (Lipinski definition) is 6. The molecule has 2 aliphatic rings. The SMILES string of the molecule is Cc1c(C)c2c(c(C)c1Oc1ccc(CC3SC(=O)NC3=O)cc1)CC(C)(CO)O2. The van der Waals surface area contributed by atoms with E-state index >= 15 is 0 Å². The topological polar surface area (TPSA) is 84.9 Å². The minimum atomic E-state index is -0.601. The van der Waals surface area contributed by atoms with Gasteiger partial charge in [0.05, 0.1) is 11.9 Å². The maximum absolute atomic E-state index is 11.8. The second-order valence-corrected chi connectivity index (χ2v) is 9.41. The summed E-state index contributed by atoms with van der Waals surface area (Å²) in [5.41, 5.74) is 4.50. The molecule has 1 fully saturated rings.